The number of benzene rings is 1. The van der Waals surface area contributed by atoms with E-state index in [2.05, 4.69) is 5.32 Å². The van der Waals surface area contributed by atoms with Crippen LogP contribution in [0.2, 0.25) is 0 Å². The molecule has 182 valence electrons. The molecular weight excluding hydrogens is 441 g/mol. The molecule has 0 saturated carbocycles. The third-order valence-corrected chi connectivity index (χ3v) is 7.30. The second kappa shape index (κ2) is 9.11. The number of hydrogen-bond acceptors (Lipinski definition) is 6. The molecule has 0 radical (unpaired) electrons. The van der Waals surface area contributed by atoms with Crippen molar-refractivity contribution >= 4 is 11.9 Å². The highest BCUT2D eigenvalue weighted by atomic mass is 19.1. The molecule has 2 aromatic rings. The topological polar surface area (TPSA) is 91.7 Å². The number of halogens is 1. The molecule has 2 saturated heterocycles. The molecule has 0 unspecified atom stereocenters. The van der Waals surface area contributed by atoms with Crippen LogP contribution in [0.15, 0.2) is 24.3 Å². The van der Waals surface area contributed by atoms with Crippen molar-refractivity contribution in [3.63, 3.8) is 0 Å². The maximum Gasteiger partial charge on any atom is 0.338 e. The Labute approximate surface area is 197 Å². The maximum absolute atomic E-state index is 13.2. The number of nitrogens with one attached hydrogen (secondary N) is 1. The Morgan fingerprint density at radius 2 is 1.94 bits per heavy atom. The number of fused-ring (bicyclic) bond motifs is 1. The predicted molar refractivity (Wildman–Crippen MR) is 120 cm³/mol. The summed E-state index contributed by atoms with van der Waals surface area (Å²) in [7, 11) is 0. The van der Waals surface area contributed by atoms with Gasteiger partial charge in [-0.3, -0.25) is 9.48 Å². The van der Waals surface area contributed by atoms with E-state index in [9.17, 15) is 14.0 Å². The molecular formula is C25H30FN3O5. The minimum Gasteiger partial charge on any atom is -0.461 e. The first kappa shape index (κ1) is 23.0. The van der Waals surface area contributed by atoms with Crippen molar-refractivity contribution in [3.05, 3.63) is 52.6 Å². The smallest absolute Gasteiger partial charge is 0.338 e. The van der Waals surface area contributed by atoms with Gasteiger partial charge < -0.3 is 19.5 Å². The number of amides is 1. The number of rotatable bonds is 6. The van der Waals surface area contributed by atoms with Crippen molar-refractivity contribution < 1.29 is 28.2 Å². The number of aryl methyl sites for hydroxylation is 1. The molecule has 1 aromatic carbocycles. The average Bonchev–Trinajstić information content (AvgIpc) is 3.09. The first-order valence-corrected chi connectivity index (χ1v) is 11.9. The van der Waals surface area contributed by atoms with Crippen LogP contribution in [0.5, 0.6) is 0 Å². The molecule has 34 heavy (non-hydrogen) atoms. The second-order valence-electron chi connectivity index (χ2n) is 9.83. The Bertz CT molecular complexity index is 1070. The van der Waals surface area contributed by atoms with Gasteiger partial charge in [-0.15, -0.1) is 0 Å². The fraction of sp³-hybridized carbons (Fsp3) is 0.560. The minimum atomic E-state index is -0.500. The third-order valence-electron chi connectivity index (χ3n) is 7.30. The predicted octanol–water partition coefficient (Wildman–Crippen LogP) is 2.54. The van der Waals surface area contributed by atoms with Crippen molar-refractivity contribution in [2.75, 3.05) is 39.6 Å². The van der Waals surface area contributed by atoms with E-state index in [1.54, 1.807) is 0 Å². The molecule has 0 bridgehead atoms. The SMILES string of the molecule is CCc1nn(CC2(COC(=O)c3ccc(F)cc3)COC2)c2c1C(=O)NCC1(CCOCC1)C2. The van der Waals surface area contributed by atoms with Gasteiger partial charge in [0, 0.05) is 19.8 Å². The highest BCUT2D eigenvalue weighted by Gasteiger charge is 2.44. The number of nitrogens with zero attached hydrogens (tertiary/aromatic N) is 2. The summed E-state index contributed by atoms with van der Waals surface area (Å²) in [6.45, 7) is 5.54. The lowest BCUT2D eigenvalue weighted by atomic mass is 9.76. The zero-order valence-electron chi connectivity index (χ0n) is 19.4. The van der Waals surface area contributed by atoms with Crippen LogP contribution in [0.4, 0.5) is 4.39 Å². The van der Waals surface area contributed by atoms with Gasteiger partial charge in [-0.2, -0.15) is 5.10 Å². The molecule has 3 aliphatic rings. The van der Waals surface area contributed by atoms with E-state index < -0.39 is 17.2 Å². The molecule has 0 aliphatic carbocycles. The molecule has 2 fully saturated rings. The van der Waals surface area contributed by atoms with E-state index in [4.69, 9.17) is 19.3 Å². The van der Waals surface area contributed by atoms with Crippen molar-refractivity contribution in [2.24, 2.45) is 10.8 Å². The number of hydrogen-bond donors (Lipinski definition) is 1. The molecule has 1 spiro atoms. The van der Waals surface area contributed by atoms with Crippen LogP contribution in [0.1, 0.15) is 51.9 Å². The standard InChI is InChI=1S/C25H30FN3O5/c1-2-19-21-20(11-24(12-27-22(21)30)7-9-32-10-8-24)29(28-19)13-25(14-33-15-25)16-34-23(31)17-3-5-18(26)6-4-17/h3-6H,2,7-16H2,1H3,(H,27,30). The van der Waals surface area contributed by atoms with Crippen molar-refractivity contribution in [2.45, 2.75) is 39.2 Å². The van der Waals surface area contributed by atoms with Gasteiger partial charge in [0.2, 0.25) is 0 Å². The number of ether oxygens (including phenoxy) is 3. The summed E-state index contributed by atoms with van der Waals surface area (Å²) in [6.07, 6.45) is 3.19. The minimum absolute atomic E-state index is 0.0414. The summed E-state index contributed by atoms with van der Waals surface area (Å²) < 4.78 is 31.8. The molecule has 3 aliphatic heterocycles. The van der Waals surface area contributed by atoms with Crippen LogP contribution in [-0.2, 0) is 33.6 Å². The Balaban J connectivity index is 1.38. The van der Waals surface area contributed by atoms with Crippen LogP contribution in [0.3, 0.4) is 0 Å². The van der Waals surface area contributed by atoms with Crippen LogP contribution < -0.4 is 5.32 Å². The highest BCUT2D eigenvalue weighted by molar-refractivity contribution is 5.97. The summed E-state index contributed by atoms with van der Waals surface area (Å²) in [4.78, 5) is 25.5. The first-order chi connectivity index (χ1) is 16.4. The van der Waals surface area contributed by atoms with Crippen LogP contribution in [-0.4, -0.2) is 61.2 Å². The summed E-state index contributed by atoms with van der Waals surface area (Å²) in [5.41, 5.74) is 2.26. The van der Waals surface area contributed by atoms with Gasteiger partial charge in [-0.25, -0.2) is 9.18 Å². The fourth-order valence-electron chi connectivity index (χ4n) is 5.12. The molecule has 9 heteroatoms. The van der Waals surface area contributed by atoms with E-state index in [0.717, 1.165) is 30.7 Å². The van der Waals surface area contributed by atoms with Gasteiger partial charge in [-0.05, 0) is 55.4 Å². The quantitative estimate of drug-likeness (QED) is 0.651. The van der Waals surface area contributed by atoms with Crippen LogP contribution in [0, 0.1) is 16.6 Å². The molecule has 4 heterocycles. The lowest BCUT2D eigenvalue weighted by Gasteiger charge is -2.41. The normalized spacial score (nSPS) is 20.7. The molecule has 0 atom stereocenters. The van der Waals surface area contributed by atoms with E-state index in [1.807, 2.05) is 11.6 Å². The first-order valence-electron chi connectivity index (χ1n) is 11.9. The molecule has 1 aromatic heterocycles. The highest BCUT2D eigenvalue weighted by Crippen LogP contribution is 2.39. The Morgan fingerprint density at radius 3 is 2.59 bits per heavy atom. The van der Waals surface area contributed by atoms with E-state index in [0.29, 0.717) is 57.1 Å². The van der Waals surface area contributed by atoms with Gasteiger partial charge in [0.25, 0.3) is 5.91 Å². The zero-order valence-corrected chi connectivity index (χ0v) is 19.4. The fourth-order valence-corrected chi connectivity index (χ4v) is 5.12. The van der Waals surface area contributed by atoms with Gasteiger partial charge >= 0.3 is 5.97 Å². The molecule has 8 nitrogen and oxygen atoms in total. The number of aromatic nitrogens is 2. The average molecular weight is 472 g/mol. The molecule has 1 N–H and O–H groups in total. The van der Waals surface area contributed by atoms with Crippen molar-refractivity contribution in [3.8, 4) is 0 Å². The lowest BCUT2D eigenvalue weighted by Crippen LogP contribution is -2.50. The van der Waals surface area contributed by atoms with Gasteiger partial charge in [-0.1, -0.05) is 6.92 Å². The maximum atomic E-state index is 13.2. The van der Waals surface area contributed by atoms with Crippen molar-refractivity contribution in [1.29, 1.82) is 0 Å². The summed E-state index contributed by atoms with van der Waals surface area (Å²) in [5, 5.41) is 7.96. The lowest BCUT2D eigenvalue weighted by molar-refractivity contribution is -0.148. The second-order valence-corrected chi connectivity index (χ2v) is 9.83. The van der Waals surface area contributed by atoms with Crippen LogP contribution >= 0.6 is 0 Å². The van der Waals surface area contributed by atoms with Crippen molar-refractivity contribution in [1.82, 2.24) is 15.1 Å². The zero-order chi connectivity index (χ0) is 23.8. The van der Waals surface area contributed by atoms with E-state index in [-0.39, 0.29) is 17.9 Å². The summed E-state index contributed by atoms with van der Waals surface area (Å²) >= 11 is 0. The number of carbonyl (C=O) groups excluding carboxylic acids is 2. The Kier molecular flexibility index (Phi) is 6.16. The third kappa shape index (κ3) is 4.34. The molecule has 5 rings (SSSR count). The largest absolute Gasteiger partial charge is 0.461 e. The van der Waals surface area contributed by atoms with Gasteiger partial charge in [0.05, 0.1) is 47.7 Å². The van der Waals surface area contributed by atoms with E-state index in [1.165, 1.54) is 24.3 Å². The van der Waals surface area contributed by atoms with Gasteiger partial charge in [0.1, 0.15) is 12.4 Å². The number of carbonyl (C=O) groups is 2. The summed E-state index contributed by atoms with van der Waals surface area (Å²) in [6, 6.07) is 5.30. The number of esters is 1. The van der Waals surface area contributed by atoms with Gasteiger partial charge in [0.15, 0.2) is 0 Å². The monoisotopic (exact) mass is 471 g/mol. The molecule has 1 amide bonds. The van der Waals surface area contributed by atoms with E-state index >= 15 is 0 Å². The van der Waals surface area contributed by atoms with Crippen LogP contribution in [0.25, 0.3) is 0 Å². The Hall–Kier alpha value is -2.78. The Morgan fingerprint density at radius 1 is 1.21 bits per heavy atom. The summed E-state index contributed by atoms with van der Waals surface area (Å²) in [5.74, 6) is -0.971.